The molecule has 0 N–H and O–H groups in total. The Balaban J connectivity index is 2.81. The molecule has 0 amide bonds. The number of carbonyl (C=O) groups is 1. The van der Waals surface area contributed by atoms with Crippen LogP contribution in [0.25, 0.3) is 11.0 Å². The van der Waals surface area contributed by atoms with E-state index in [1.807, 2.05) is 0 Å². The van der Waals surface area contributed by atoms with Crippen LogP contribution in [0.15, 0.2) is 28.9 Å². The minimum Gasteiger partial charge on any atom is -0.463 e. The molecule has 0 saturated carbocycles. The molecule has 0 aliphatic carbocycles. The van der Waals surface area contributed by atoms with Gasteiger partial charge in [0.05, 0.1) is 5.56 Å². The highest BCUT2D eigenvalue weighted by Crippen LogP contribution is 2.20. The van der Waals surface area contributed by atoms with Crippen LogP contribution in [0.1, 0.15) is 10.4 Å². The third-order valence-electron chi connectivity index (χ3n) is 1.69. The quantitative estimate of drug-likeness (QED) is 0.605. The zero-order chi connectivity index (χ0) is 8.55. The highest BCUT2D eigenvalue weighted by Gasteiger charge is 2.04. The number of hydrogen-bond donors (Lipinski definition) is 0. The molecule has 3 heteroatoms. The Morgan fingerprint density at radius 1 is 1.42 bits per heavy atom. The predicted molar refractivity (Wildman–Crippen MR) is 41.6 cm³/mol. The molecule has 1 heterocycles. The Morgan fingerprint density at radius 2 is 2.25 bits per heavy atom. The summed E-state index contributed by atoms with van der Waals surface area (Å²) in [7, 11) is 0. The molecule has 0 fully saturated rings. The smallest absolute Gasteiger partial charge is 0.153 e. The van der Waals surface area contributed by atoms with Crippen molar-refractivity contribution in [3.63, 3.8) is 0 Å². The lowest BCUT2D eigenvalue weighted by molar-refractivity contribution is 0.112. The van der Waals surface area contributed by atoms with E-state index >= 15 is 0 Å². The molecule has 0 aliphatic heterocycles. The third kappa shape index (κ3) is 0.906. The average Bonchev–Trinajstić information content (AvgIpc) is 2.46. The number of furan rings is 1. The van der Waals surface area contributed by atoms with Crippen molar-refractivity contribution in [3.8, 4) is 0 Å². The zero-order valence-electron chi connectivity index (χ0n) is 6.08. The summed E-state index contributed by atoms with van der Waals surface area (Å²) in [5.74, 6) is -0.366. The number of aldehydes is 1. The predicted octanol–water partition coefficient (Wildman–Crippen LogP) is 2.38. The van der Waals surface area contributed by atoms with E-state index in [9.17, 15) is 9.18 Å². The maximum Gasteiger partial charge on any atom is 0.153 e. The van der Waals surface area contributed by atoms with Crippen LogP contribution in [0.3, 0.4) is 0 Å². The molecule has 1 aromatic heterocycles. The topological polar surface area (TPSA) is 30.2 Å². The molecule has 0 aliphatic rings. The molecule has 0 saturated heterocycles. The van der Waals surface area contributed by atoms with Crippen molar-refractivity contribution >= 4 is 17.3 Å². The van der Waals surface area contributed by atoms with Crippen LogP contribution in [0.4, 0.5) is 4.39 Å². The van der Waals surface area contributed by atoms with Gasteiger partial charge in [0.25, 0.3) is 0 Å². The Hall–Kier alpha value is -1.64. The normalized spacial score (nSPS) is 10.4. The first kappa shape index (κ1) is 7.03. The second kappa shape index (κ2) is 2.44. The van der Waals surface area contributed by atoms with E-state index in [1.165, 1.54) is 24.5 Å². The summed E-state index contributed by atoms with van der Waals surface area (Å²) >= 11 is 0. The van der Waals surface area contributed by atoms with Crippen molar-refractivity contribution in [2.45, 2.75) is 0 Å². The van der Waals surface area contributed by atoms with Gasteiger partial charge in [-0.1, -0.05) is 0 Å². The average molecular weight is 164 g/mol. The Bertz CT molecular complexity index is 431. The zero-order valence-corrected chi connectivity index (χ0v) is 6.08. The highest BCUT2D eigenvalue weighted by molar-refractivity contribution is 5.95. The van der Waals surface area contributed by atoms with Crippen molar-refractivity contribution in [1.29, 1.82) is 0 Å². The van der Waals surface area contributed by atoms with Crippen molar-refractivity contribution in [3.05, 3.63) is 35.8 Å². The standard InChI is InChI=1S/C9H5FO2/c10-7-1-2-8-6(4-11)5-12-9(8)3-7/h1-5H. The fourth-order valence-corrected chi connectivity index (χ4v) is 1.11. The first-order chi connectivity index (χ1) is 5.81. The minimum atomic E-state index is -0.366. The van der Waals surface area contributed by atoms with E-state index in [2.05, 4.69) is 0 Å². The van der Waals surface area contributed by atoms with Crippen LogP contribution in [0, 0.1) is 5.82 Å². The van der Waals surface area contributed by atoms with Crippen LogP contribution >= 0.6 is 0 Å². The fraction of sp³-hybridized carbons (Fsp3) is 0. The first-order valence-electron chi connectivity index (χ1n) is 3.43. The summed E-state index contributed by atoms with van der Waals surface area (Å²) in [6.07, 6.45) is 2.00. The molecule has 60 valence electrons. The van der Waals surface area contributed by atoms with Gasteiger partial charge in [0.2, 0.25) is 0 Å². The molecule has 0 atom stereocenters. The van der Waals surface area contributed by atoms with E-state index in [4.69, 9.17) is 4.42 Å². The number of halogens is 1. The molecule has 0 radical (unpaired) electrons. The minimum absolute atomic E-state index is 0.366. The van der Waals surface area contributed by atoms with Gasteiger partial charge in [-0.2, -0.15) is 0 Å². The summed E-state index contributed by atoms with van der Waals surface area (Å²) in [6.45, 7) is 0. The van der Waals surface area contributed by atoms with E-state index in [0.717, 1.165) is 0 Å². The van der Waals surface area contributed by atoms with Crippen molar-refractivity contribution in [2.75, 3.05) is 0 Å². The van der Waals surface area contributed by atoms with Crippen molar-refractivity contribution < 1.29 is 13.6 Å². The number of benzene rings is 1. The lowest BCUT2D eigenvalue weighted by Crippen LogP contribution is -1.75. The van der Waals surface area contributed by atoms with Gasteiger partial charge in [-0.05, 0) is 12.1 Å². The Morgan fingerprint density at radius 3 is 3.00 bits per heavy atom. The fourth-order valence-electron chi connectivity index (χ4n) is 1.11. The van der Waals surface area contributed by atoms with Gasteiger partial charge < -0.3 is 4.42 Å². The molecule has 0 spiro atoms. The van der Waals surface area contributed by atoms with Crippen molar-refractivity contribution in [2.24, 2.45) is 0 Å². The molecule has 1 aromatic carbocycles. The SMILES string of the molecule is O=Cc1coc2cc(F)ccc12. The monoisotopic (exact) mass is 164 g/mol. The van der Waals surface area contributed by atoms with Gasteiger partial charge in [-0.15, -0.1) is 0 Å². The molecule has 2 nitrogen and oxygen atoms in total. The van der Waals surface area contributed by atoms with Gasteiger partial charge in [0.15, 0.2) is 6.29 Å². The Labute approximate surface area is 67.6 Å². The second-order valence-electron chi connectivity index (χ2n) is 2.45. The number of fused-ring (bicyclic) bond motifs is 1. The van der Waals surface area contributed by atoms with E-state index in [1.54, 1.807) is 0 Å². The van der Waals surface area contributed by atoms with E-state index < -0.39 is 0 Å². The van der Waals surface area contributed by atoms with Crippen LogP contribution in [-0.2, 0) is 0 Å². The highest BCUT2D eigenvalue weighted by atomic mass is 19.1. The molecular formula is C9H5FO2. The number of hydrogen-bond acceptors (Lipinski definition) is 2. The summed E-state index contributed by atoms with van der Waals surface area (Å²) < 4.78 is 17.6. The Kier molecular flexibility index (Phi) is 1.43. The summed E-state index contributed by atoms with van der Waals surface area (Å²) in [6, 6.07) is 4.07. The summed E-state index contributed by atoms with van der Waals surface area (Å²) in [4.78, 5) is 10.4. The van der Waals surface area contributed by atoms with Crippen LogP contribution in [-0.4, -0.2) is 6.29 Å². The van der Waals surface area contributed by atoms with Crippen LogP contribution in [0.5, 0.6) is 0 Å². The lowest BCUT2D eigenvalue weighted by atomic mass is 10.2. The molecule has 2 aromatic rings. The van der Waals surface area contributed by atoms with Crippen LogP contribution < -0.4 is 0 Å². The van der Waals surface area contributed by atoms with Crippen LogP contribution in [0.2, 0.25) is 0 Å². The molecule has 2 rings (SSSR count). The van der Waals surface area contributed by atoms with E-state index in [0.29, 0.717) is 22.8 Å². The molecular weight excluding hydrogens is 159 g/mol. The van der Waals surface area contributed by atoms with Gasteiger partial charge >= 0.3 is 0 Å². The maximum atomic E-state index is 12.6. The third-order valence-corrected chi connectivity index (χ3v) is 1.69. The number of carbonyl (C=O) groups excluding carboxylic acids is 1. The first-order valence-corrected chi connectivity index (χ1v) is 3.43. The molecule has 12 heavy (non-hydrogen) atoms. The molecule has 0 bridgehead atoms. The summed E-state index contributed by atoms with van der Waals surface area (Å²) in [5.41, 5.74) is 0.849. The lowest BCUT2D eigenvalue weighted by Gasteiger charge is -1.87. The molecule has 0 unspecified atom stereocenters. The maximum absolute atomic E-state index is 12.6. The van der Waals surface area contributed by atoms with Gasteiger partial charge in [0.1, 0.15) is 17.7 Å². The largest absolute Gasteiger partial charge is 0.463 e. The number of rotatable bonds is 1. The van der Waals surface area contributed by atoms with Gasteiger partial charge in [-0.25, -0.2) is 4.39 Å². The second-order valence-corrected chi connectivity index (χ2v) is 2.45. The summed E-state index contributed by atoms with van der Waals surface area (Å²) in [5, 5.41) is 0.645. The van der Waals surface area contributed by atoms with E-state index in [-0.39, 0.29) is 5.82 Å². The van der Waals surface area contributed by atoms with Gasteiger partial charge in [-0.3, -0.25) is 4.79 Å². The van der Waals surface area contributed by atoms with Gasteiger partial charge in [0, 0.05) is 11.5 Å². The van der Waals surface area contributed by atoms with Crippen molar-refractivity contribution in [1.82, 2.24) is 0 Å².